The van der Waals surface area contributed by atoms with Crippen LogP contribution in [0.1, 0.15) is 32.3 Å². The van der Waals surface area contributed by atoms with Crippen LogP contribution >= 0.6 is 11.6 Å². The molecule has 0 bridgehead atoms. The Bertz CT molecular complexity index is 1150. The zero-order chi connectivity index (χ0) is 23.4. The van der Waals surface area contributed by atoms with E-state index >= 15 is 0 Å². The molecule has 0 unspecified atom stereocenters. The zero-order valence-corrected chi connectivity index (χ0v) is 20.8. The number of nitrogens with one attached hydrogen (secondary N) is 1. The molecule has 8 heteroatoms. The van der Waals surface area contributed by atoms with Crippen LogP contribution in [0.25, 0.3) is 11.4 Å². The van der Waals surface area contributed by atoms with Crippen LogP contribution in [-0.2, 0) is 13.6 Å². The third-order valence-electron chi connectivity index (χ3n) is 6.61. The van der Waals surface area contributed by atoms with Gasteiger partial charge in [0.2, 0.25) is 5.95 Å². The van der Waals surface area contributed by atoms with E-state index in [9.17, 15) is 0 Å². The molecular formula is C25H32ClN7. The predicted molar refractivity (Wildman–Crippen MR) is 134 cm³/mol. The first-order valence-electron chi connectivity index (χ1n) is 11.4. The highest BCUT2D eigenvalue weighted by atomic mass is 35.5. The number of pyridine rings is 1. The molecule has 2 aliphatic rings. The monoisotopic (exact) mass is 465 g/mol. The van der Waals surface area contributed by atoms with E-state index < -0.39 is 0 Å². The van der Waals surface area contributed by atoms with Crippen molar-refractivity contribution in [2.45, 2.75) is 33.2 Å². The largest absolute Gasteiger partial charge is 0.355 e. The van der Waals surface area contributed by atoms with Gasteiger partial charge in [-0.1, -0.05) is 25.4 Å². The lowest BCUT2D eigenvalue weighted by atomic mass is 9.51. The molecule has 1 aromatic carbocycles. The fourth-order valence-electron chi connectivity index (χ4n) is 5.76. The summed E-state index contributed by atoms with van der Waals surface area (Å²) >= 11 is 6.00. The lowest BCUT2D eigenvalue weighted by Gasteiger charge is -2.63. The second-order valence-electron chi connectivity index (χ2n) is 10.8. The number of hydrogen-bond donors (Lipinski definition) is 1. The minimum absolute atomic E-state index is 0.498. The molecule has 1 saturated carbocycles. The Kier molecular flexibility index (Phi) is 5.37. The molecule has 1 N–H and O–H groups in total. The summed E-state index contributed by atoms with van der Waals surface area (Å²) in [4.78, 5) is 14.3. The van der Waals surface area contributed by atoms with Crippen LogP contribution in [0, 0.1) is 10.8 Å². The number of benzene rings is 1. The van der Waals surface area contributed by atoms with E-state index in [1.54, 1.807) is 4.68 Å². The van der Waals surface area contributed by atoms with Crippen molar-refractivity contribution in [2.24, 2.45) is 17.9 Å². The highest BCUT2D eigenvalue weighted by Gasteiger charge is 2.56. The number of aromatic nitrogens is 4. The second kappa shape index (κ2) is 7.99. The van der Waals surface area contributed by atoms with Crippen molar-refractivity contribution in [1.82, 2.24) is 24.6 Å². The van der Waals surface area contributed by atoms with E-state index in [2.05, 4.69) is 54.2 Å². The Labute approximate surface area is 200 Å². The number of rotatable bonds is 6. The standard InChI is InChI=1S/C25H32ClN7/c1-24(2)13-25(14-24)15-33(16-25)22-18(12-31(3)4)10-17(11-27-22)21-29-23(32(5)30-21)28-20-8-6-19(26)7-9-20/h6-11H,12-16H2,1-5H3,(H,28,29,30). The zero-order valence-electron chi connectivity index (χ0n) is 20.1. The van der Waals surface area contributed by atoms with E-state index in [4.69, 9.17) is 21.6 Å². The molecule has 5 rings (SSSR count). The Hall–Kier alpha value is -2.64. The molecule has 7 nitrogen and oxygen atoms in total. The minimum atomic E-state index is 0.498. The van der Waals surface area contributed by atoms with Crippen LogP contribution in [0.3, 0.4) is 0 Å². The first-order valence-corrected chi connectivity index (χ1v) is 11.8. The van der Waals surface area contributed by atoms with Crippen LogP contribution in [-0.4, -0.2) is 51.8 Å². The van der Waals surface area contributed by atoms with Gasteiger partial charge in [-0.3, -0.25) is 0 Å². The van der Waals surface area contributed by atoms with Gasteiger partial charge in [0.25, 0.3) is 0 Å². The average molecular weight is 466 g/mol. The molecule has 1 spiro atoms. The molecule has 3 aromatic rings. The van der Waals surface area contributed by atoms with E-state index in [0.717, 1.165) is 36.7 Å². The normalized spacial score (nSPS) is 18.3. The van der Waals surface area contributed by atoms with Gasteiger partial charge in [-0.25, -0.2) is 9.67 Å². The van der Waals surface area contributed by atoms with Crippen molar-refractivity contribution in [3.05, 3.63) is 47.1 Å². The second-order valence-corrected chi connectivity index (χ2v) is 11.3. The van der Waals surface area contributed by atoms with Gasteiger partial charge in [0.1, 0.15) is 5.82 Å². The third-order valence-corrected chi connectivity index (χ3v) is 6.86. The van der Waals surface area contributed by atoms with Gasteiger partial charge in [0.15, 0.2) is 5.82 Å². The molecular weight excluding hydrogens is 434 g/mol. The summed E-state index contributed by atoms with van der Waals surface area (Å²) in [5.74, 6) is 2.43. The Morgan fingerprint density at radius 3 is 2.45 bits per heavy atom. The van der Waals surface area contributed by atoms with Crippen LogP contribution in [0.2, 0.25) is 5.02 Å². The Morgan fingerprint density at radius 2 is 1.82 bits per heavy atom. The lowest BCUT2D eigenvalue weighted by molar-refractivity contribution is -0.0362. The van der Waals surface area contributed by atoms with Crippen molar-refractivity contribution < 1.29 is 0 Å². The average Bonchev–Trinajstić information content (AvgIpc) is 3.06. The van der Waals surface area contributed by atoms with Crippen molar-refractivity contribution in [3.8, 4) is 11.4 Å². The first kappa shape index (κ1) is 22.2. The SMILES string of the molecule is CN(C)Cc1cc(-c2nc(Nc3ccc(Cl)cc3)n(C)n2)cnc1N1CC2(C1)CC(C)(C)C2. The van der Waals surface area contributed by atoms with E-state index in [1.807, 2.05) is 37.5 Å². The summed E-state index contributed by atoms with van der Waals surface area (Å²) in [5, 5.41) is 8.64. The molecule has 1 aliphatic carbocycles. The fourth-order valence-corrected chi connectivity index (χ4v) is 5.89. The van der Waals surface area contributed by atoms with Gasteiger partial charge in [-0.15, -0.1) is 5.10 Å². The van der Waals surface area contributed by atoms with Crippen LogP contribution < -0.4 is 10.2 Å². The quantitative estimate of drug-likeness (QED) is 0.555. The van der Waals surface area contributed by atoms with Crippen molar-refractivity contribution >= 4 is 29.1 Å². The first-order chi connectivity index (χ1) is 15.6. The van der Waals surface area contributed by atoms with Crippen LogP contribution in [0.5, 0.6) is 0 Å². The number of aryl methyl sites for hydroxylation is 1. The summed E-state index contributed by atoms with van der Waals surface area (Å²) in [6.07, 6.45) is 4.54. The molecule has 0 radical (unpaired) electrons. The molecule has 0 amide bonds. The summed E-state index contributed by atoms with van der Waals surface area (Å²) in [6.45, 7) is 7.80. The van der Waals surface area contributed by atoms with Gasteiger partial charge in [-0.2, -0.15) is 4.98 Å². The molecule has 174 valence electrons. The summed E-state index contributed by atoms with van der Waals surface area (Å²) < 4.78 is 1.75. The maximum atomic E-state index is 6.00. The van der Waals surface area contributed by atoms with E-state index in [-0.39, 0.29) is 0 Å². The van der Waals surface area contributed by atoms with Crippen molar-refractivity contribution in [1.29, 1.82) is 0 Å². The van der Waals surface area contributed by atoms with Crippen molar-refractivity contribution in [2.75, 3.05) is 37.4 Å². The van der Waals surface area contributed by atoms with Gasteiger partial charge >= 0.3 is 0 Å². The van der Waals surface area contributed by atoms with Gasteiger partial charge < -0.3 is 15.1 Å². The van der Waals surface area contributed by atoms with Crippen molar-refractivity contribution in [3.63, 3.8) is 0 Å². The van der Waals surface area contributed by atoms with E-state index in [1.165, 1.54) is 18.4 Å². The Balaban J connectivity index is 1.37. The summed E-state index contributed by atoms with van der Waals surface area (Å²) in [7, 11) is 6.07. The number of halogens is 1. The maximum absolute atomic E-state index is 6.00. The molecule has 2 fully saturated rings. The molecule has 1 saturated heterocycles. The minimum Gasteiger partial charge on any atom is -0.355 e. The van der Waals surface area contributed by atoms with Crippen LogP contribution in [0.4, 0.5) is 17.5 Å². The summed E-state index contributed by atoms with van der Waals surface area (Å²) in [6, 6.07) is 9.74. The number of nitrogens with zero attached hydrogens (tertiary/aromatic N) is 6. The topological polar surface area (TPSA) is 62.1 Å². The smallest absolute Gasteiger partial charge is 0.225 e. The molecule has 2 aromatic heterocycles. The molecule has 1 aliphatic heterocycles. The summed E-state index contributed by atoms with van der Waals surface area (Å²) in [5.41, 5.74) is 4.05. The van der Waals surface area contributed by atoms with Gasteiger partial charge in [0, 0.05) is 60.1 Å². The highest BCUT2D eigenvalue weighted by Crippen LogP contribution is 2.59. The Morgan fingerprint density at radius 1 is 1.12 bits per heavy atom. The van der Waals surface area contributed by atoms with E-state index in [0.29, 0.717) is 27.6 Å². The number of hydrogen-bond acceptors (Lipinski definition) is 6. The van der Waals surface area contributed by atoms with Gasteiger partial charge in [-0.05, 0) is 62.7 Å². The third kappa shape index (κ3) is 4.44. The molecule has 33 heavy (non-hydrogen) atoms. The highest BCUT2D eigenvalue weighted by molar-refractivity contribution is 6.30. The predicted octanol–water partition coefficient (Wildman–Crippen LogP) is 4.96. The van der Waals surface area contributed by atoms with Gasteiger partial charge in [0.05, 0.1) is 0 Å². The lowest BCUT2D eigenvalue weighted by Crippen LogP contribution is -2.65. The molecule has 3 heterocycles. The van der Waals surface area contributed by atoms with Crippen LogP contribution in [0.15, 0.2) is 36.5 Å². The fraction of sp³-hybridized carbons (Fsp3) is 0.480. The maximum Gasteiger partial charge on any atom is 0.225 e. The molecule has 0 atom stereocenters. The number of anilines is 3.